The van der Waals surface area contributed by atoms with Crippen LogP contribution in [0.4, 0.5) is 10.5 Å². The second-order valence-corrected chi connectivity index (χ2v) is 15.1. The number of rotatable bonds is 11. The zero-order chi connectivity index (χ0) is 37.4. The number of aromatic nitrogens is 4. The second kappa shape index (κ2) is 13.9. The Bertz CT molecular complexity index is 1980. The number of ether oxygens (including phenoxy) is 2. The Kier molecular flexibility index (Phi) is 10.1. The van der Waals surface area contributed by atoms with Crippen molar-refractivity contribution in [1.82, 2.24) is 35.1 Å². The molecule has 3 aromatic heterocycles. The van der Waals surface area contributed by atoms with Gasteiger partial charge in [-0.25, -0.2) is 9.78 Å². The van der Waals surface area contributed by atoms with Gasteiger partial charge in [-0.2, -0.15) is 0 Å². The van der Waals surface area contributed by atoms with Gasteiger partial charge in [0.25, 0.3) is 5.91 Å². The molecule has 1 aliphatic carbocycles. The lowest BCUT2D eigenvalue weighted by atomic mass is 9.81. The molecule has 3 heterocycles. The summed E-state index contributed by atoms with van der Waals surface area (Å²) in [7, 11) is 5.51. The number of aldehydes is 1. The Balaban J connectivity index is 1.39. The van der Waals surface area contributed by atoms with Crippen LogP contribution < -0.4 is 20.7 Å². The maximum absolute atomic E-state index is 13.6. The number of hydrogen-bond acceptors (Lipinski definition) is 9. The average Bonchev–Trinajstić information content (AvgIpc) is 3.52. The predicted molar refractivity (Wildman–Crippen MR) is 195 cm³/mol. The summed E-state index contributed by atoms with van der Waals surface area (Å²) in [6, 6.07) is 13.5. The maximum Gasteiger partial charge on any atom is 0.320 e. The summed E-state index contributed by atoms with van der Waals surface area (Å²) < 4.78 is 13.9. The number of nitrogens with zero attached hydrogens (tertiary/aromatic N) is 5. The van der Waals surface area contributed by atoms with Gasteiger partial charge in [-0.1, -0.05) is 45.0 Å². The number of carbonyl (C=O) groups excluding carboxylic acids is 3. The topological polar surface area (TPSA) is 152 Å². The summed E-state index contributed by atoms with van der Waals surface area (Å²) in [4.78, 5) is 46.4. The van der Waals surface area contributed by atoms with Crippen LogP contribution in [0.15, 0.2) is 66.9 Å². The highest BCUT2D eigenvalue weighted by molar-refractivity contribution is 5.97. The molecule has 1 aliphatic rings. The van der Waals surface area contributed by atoms with E-state index < -0.39 is 28.7 Å². The number of hydrogen-bond donors (Lipinski definition) is 3. The highest BCUT2D eigenvalue weighted by Gasteiger charge is 2.38. The van der Waals surface area contributed by atoms with Gasteiger partial charge < -0.3 is 30.3 Å². The molecule has 3 amide bonds. The average molecular weight is 697 g/mol. The number of benzene rings is 1. The van der Waals surface area contributed by atoms with E-state index >= 15 is 0 Å². The van der Waals surface area contributed by atoms with Gasteiger partial charge in [0.15, 0.2) is 17.8 Å². The fraction of sp³-hybridized carbons (Fsp3) is 0.421. The van der Waals surface area contributed by atoms with Gasteiger partial charge in [-0.15, -0.1) is 10.2 Å². The summed E-state index contributed by atoms with van der Waals surface area (Å²) in [5.74, 6) is 0.799. The van der Waals surface area contributed by atoms with Gasteiger partial charge in [0, 0.05) is 41.6 Å². The smallest absolute Gasteiger partial charge is 0.320 e. The molecule has 0 fully saturated rings. The number of methoxy groups -OCH3 is 1. The lowest BCUT2D eigenvalue weighted by Crippen LogP contribution is -2.49. The van der Waals surface area contributed by atoms with Gasteiger partial charge in [-0.05, 0) is 83.8 Å². The maximum atomic E-state index is 13.6. The van der Waals surface area contributed by atoms with Crippen molar-refractivity contribution in [3.63, 3.8) is 0 Å². The van der Waals surface area contributed by atoms with Crippen LogP contribution in [0.25, 0.3) is 5.65 Å². The lowest BCUT2D eigenvalue weighted by molar-refractivity contribution is -0.111. The van der Waals surface area contributed by atoms with Crippen molar-refractivity contribution in [2.45, 2.75) is 76.7 Å². The first-order valence-electron chi connectivity index (χ1n) is 16.8. The van der Waals surface area contributed by atoms with Crippen LogP contribution >= 0.6 is 0 Å². The summed E-state index contributed by atoms with van der Waals surface area (Å²) in [5, 5.41) is 17.2. The van der Waals surface area contributed by atoms with Gasteiger partial charge in [-0.3, -0.25) is 14.0 Å². The highest BCUT2D eigenvalue weighted by Crippen LogP contribution is 2.37. The molecule has 0 aliphatic heterocycles. The monoisotopic (exact) mass is 696 g/mol. The Labute approximate surface area is 298 Å². The van der Waals surface area contributed by atoms with E-state index in [1.54, 1.807) is 55.8 Å². The molecule has 0 saturated heterocycles. The Morgan fingerprint density at radius 2 is 1.75 bits per heavy atom. The third-order valence-electron chi connectivity index (χ3n) is 9.42. The Morgan fingerprint density at radius 1 is 1.02 bits per heavy atom. The largest absolute Gasteiger partial charge is 0.480 e. The molecule has 0 bridgehead atoms. The zero-order valence-electron chi connectivity index (χ0n) is 31.0. The van der Waals surface area contributed by atoms with Gasteiger partial charge in [0.05, 0.1) is 6.20 Å². The molecular weight excluding hydrogens is 648 g/mol. The summed E-state index contributed by atoms with van der Waals surface area (Å²) in [6.07, 6.45) is 5.30. The summed E-state index contributed by atoms with van der Waals surface area (Å²) in [6.45, 7) is 14.2. The number of likely N-dealkylation sites (N-methyl/N-ethyl adjacent to an activating group) is 1. The first-order valence-corrected chi connectivity index (χ1v) is 16.8. The second-order valence-electron chi connectivity index (χ2n) is 15.1. The van der Waals surface area contributed by atoms with Crippen LogP contribution in [0.1, 0.15) is 87.7 Å². The van der Waals surface area contributed by atoms with E-state index in [0.29, 0.717) is 52.6 Å². The molecule has 0 radical (unpaired) electrons. The van der Waals surface area contributed by atoms with Crippen LogP contribution in [0.3, 0.4) is 0 Å². The molecule has 3 N–H and O–H groups in total. The Morgan fingerprint density at radius 3 is 2.41 bits per heavy atom. The molecule has 5 rings (SSSR count). The van der Waals surface area contributed by atoms with Gasteiger partial charge in [0.1, 0.15) is 28.7 Å². The summed E-state index contributed by atoms with van der Waals surface area (Å²) in [5.41, 5.74) is 0.161. The molecule has 13 nitrogen and oxygen atoms in total. The van der Waals surface area contributed by atoms with E-state index in [1.165, 1.54) is 6.07 Å². The molecule has 0 saturated carbocycles. The van der Waals surface area contributed by atoms with Crippen LogP contribution in [-0.4, -0.2) is 76.0 Å². The lowest BCUT2D eigenvalue weighted by Gasteiger charge is -2.34. The first kappa shape index (κ1) is 37.1. The summed E-state index contributed by atoms with van der Waals surface area (Å²) >= 11 is 0. The quantitative estimate of drug-likeness (QED) is 0.141. The Hall–Kier alpha value is -5.14. The number of fused-ring (bicyclic) bond motifs is 2. The highest BCUT2D eigenvalue weighted by atomic mass is 16.5. The molecule has 0 spiro atoms. The van der Waals surface area contributed by atoms with E-state index in [-0.39, 0.29) is 17.1 Å². The molecular formula is C38H48N8O5. The number of urea groups is 1. The number of carbonyl (C=O) groups is 3. The van der Waals surface area contributed by atoms with E-state index in [0.717, 1.165) is 0 Å². The third-order valence-corrected chi connectivity index (χ3v) is 9.42. The minimum absolute atomic E-state index is 0.169. The van der Waals surface area contributed by atoms with E-state index in [4.69, 9.17) is 9.47 Å². The third kappa shape index (κ3) is 7.79. The van der Waals surface area contributed by atoms with Crippen molar-refractivity contribution < 1.29 is 23.9 Å². The molecule has 270 valence electrons. The van der Waals surface area contributed by atoms with Crippen molar-refractivity contribution in [3.8, 4) is 5.75 Å². The molecule has 4 aromatic rings. The minimum atomic E-state index is -1.49. The van der Waals surface area contributed by atoms with Gasteiger partial charge >= 0.3 is 6.03 Å². The van der Waals surface area contributed by atoms with Crippen molar-refractivity contribution in [1.29, 1.82) is 0 Å². The predicted octanol–water partition coefficient (Wildman–Crippen LogP) is 5.28. The number of nitrogens with one attached hydrogen (secondary N) is 3. The molecule has 2 atom stereocenters. The van der Waals surface area contributed by atoms with Crippen molar-refractivity contribution in [2.75, 3.05) is 33.1 Å². The zero-order valence-corrected chi connectivity index (χ0v) is 31.0. The molecule has 0 unspecified atom stereocenters. The number of amides is 3. The minimum Gasteiger partial charge on any atom is -0.480 e. The normalized spacial score (nSPS) is 17.6. The van der Waals surface area contributed by atoms with Crippen LogP contribution in [-0.2, 0) is 26.1 Å². The van der Waals surface area contributed by atoms with E-state index in [9.17, 15) is 14.4 Å². The van der Waals surface area contributed by atoms with Crippen LogP contribution in [0.2, 0.25) is 0 Å². The SMILES string of the molecule is COC(C)(C)c1nnc2ccc(O[C@@H]3C=C[C@](C=O)(NC(=O)Nc4cc(C(=O)NCC(C)(C)N(C)C)nc(C(C)(C)C)c4)c4ccccc43)cn12. The van der Waals surface area contributed by atoms with Crippen molar-refractivity contribution >= 4 is 29.6 Å². The van der Waals surface area contributed by atoms with Crippen LogP contribution in [0.5, 0.6) is 5.75 Å². The standard InChI is InChI=1S/C38H48N8O5/c1-35(2,3)30-20-24(19-28(41-30)32(48)39-22-36(4,5)45(8)9)40-34(49)42-38(23-47)18-17-29(26-13-11-12-14-27(26)38)51-25-15-16-31-43-44-33(46(31)21-25)37(6,7)50-10/h11-21,23,29H,22H2,1-10H3,(H,39,48)(H2,40,41,42,49)/t29-,38-/m1/s1. The van der Waals surface area contributed by atoms with Crippen molar-refractivity contribution in [3.05, 3.63) is 95.2 Å². The fourth-order valence-electron chi connectivity index (χ4n) is 5.49. The van der Waals surface area contributed by atoms with E-state index in [2.05, 4.69) is 31.1 Å². The molecule has 13 heteroatoms. The van der Waals surface area contributed by atoms with Gasteiger partial charge in [0.2, 0.25) is 0 Å². The molecule has 1 aromatic carbocycles. The van der Waals surface area contributed by atoms with Crippen molar-refractivity contribution in [2.24, 2.45) is 0 Å². The number of anilines is 1. The fourth-order valence-corrected chi connectivity index (χ4v) is 5.49. The number of pyridine rings is 2. The van der Waals surface area contributed by atoms with Crippen LogP contribution in [0, 0.1) is 0 Å². The van der Waals surface area contributed by atoms with E-state index in [1.807, 2.05) is 84.0 Å². The molecule has 51 heavy (non-hydrogen) atoms. The first-order chi connectivity index (χ1) is 23.9.